The zero-order chi connectivity index (χ0) is 22.6. The van der Waals surface area contributed by atoms with E-state index in [0.717, 1.165) is 12.1 Å². The van der Waals surface area contributed by atoms with Crippen LogP contribution in [0.4, 0.5) is 30.6 Å². The lowest BCUT2D eigenvalue weighted by Crippen LogP contribution is -2.49. The molecule has 8 nitrogen and oxygen atoms in total. The van der Waals surface area contributed by atoms with Gasteiger partial charge in [0.2, 0.25) is 0 Å². The van der Waals surface area contributed by atoms with Crippen molar-refractivity contribution < 1.29 is 22.7 Å². The van der Waals surface area contributed by atoms with Crippen molar-refractivity contribution in [1.82, 2.24) is 20.1 Å². The van der Waals surface area contributed by atoms with Gasteiger partial charge in [-0.15, -0.1) is 23.4 Å². The summed E-state index contributed by atoms with van der Waals surface area (Å²) in [5.41, 5.74) is 0.143. The molecule has 0 atom stereocenters. The molecule has 1 fully saturated rings. The van der Waals surface area contributed by atoms with Crippen LogP contribution in [-0.4, -0.2) is 58.5 Å². The van der Waals surface area contributed by atoms with Crippen LogP contribution in [0, 0.1) is 0 Å². The molecule has 1 N–H and O–H groups in total. The van der Waals surface area contributed by atoms with Crippen LogP contribution >= 0.6 is 0 Å². The Bertz CT molecular complexity index is 1060. The predicted molar refractivity (Wildman–Crippen MR) is 111 cm³/mol. The number of ether oxygens (including phenoxy) is 1. The molecule has 0 saturated carbocycles. The number of amides is 1. The molecule has 1 saturated heterocycles. The van der Waals surface area contributed by atoms with E-state index in [4.69, 9.17) is 0 Å². The van der Waals surface area contributed by atoms with Gasteiger partial charge in [-0.1, -0.05) is 12.1 Å². The molecule has 11 heteroatoms. The average Bonchev–Trinajstić information content (AvgIpc) is 2.79. The van der Waals surface area contributed by atoms with Crippen molar-refractivity contribution in [2.75, 3.05) is 36.4 Å². The van der Waals surface area contributed by atoms with Crippen molar-refractivity contribution >= 4 is 23.4 Å². The number of nitrogens with zero attached hydrogens (tertiary/aromatic N) is 5. The third-order valence-corrected chi connectivity index (χ3v) is 4.78. The van der Waals surface area contributed by atoms with Crippen LogP contribution in [0.3, 0.4) is 0 Å². The van der Waals surface area contributed by atoms with E-state index in [1.807, 2.05) is 29.2 Å². The molecule has 32 heavy (non-hydrogen) atoms. The summed E-state index contributed by atoms with van der Waals surface area (Å²) in [6, 6.07) is 14.2. The standard InChI is InChI=1S/C21H19F3N6O2/c22-21(23,24)32-16-5-3-4-15(14-16)20(31)30-12-10-29(11-13-30)19-8-7-18(27-28-19)26-17-6-1-2-9-25-17/h1-9,14H,10-13H2,(H,25,26,27). The van der Waals surface area contributed by atoms with Gasteiger partial charge < -0.3 is 19.9 Å². The first-order valence-electron chi connectivity index (χ1n) is 9.79. The number of halogens is 3. The normalized spacial score (nSPS) is 14.2. The molecule has 166 valence electrons. The lowest BCUT2D eigenvalue weighted by molar-refractivity contribution is -0.274. The molecule has 1 aliphatic rings. The first-order valence-corrected chi connectivity index (χ1v) is 9.79. The number of hydrogen-bond donors (Lipinski definition) is 1. The van der Waals surface area contributed by atoms with Gasteiger partial charge in [0.05, 0.1) is 0 Å². The molecule has 3 aromatic rings. The summed E-state index contributed by atoms with van der Waals surface area (Å²) < 4.78 is 41.2. The van der Waals surface area contributed by atoms with Gasteiger partial charge in [0.15, 0.2) is 11.6 Å². The van der Waals surface area contributed by atoms with Crippen molar-refractivity contribution in [3.05, 3.63) is 66.4 Å². The summed E-state index contributed by atoms with van der Waals surface area (Å²) in [5, 5.41) is 11.4. The number of nitrogens with one attached hydrogen (secondary N) is 1. The van der Waals surface area contributed by atoms with Crippen molar-refractivity contribution in [2.45, 2.75) is 6.36 Å². The van der Waals surface area contributed by atoms with Crippen molar-refractivity contribution in [3.63, 3.8) is 0 Å². The number of aromatic nitrogens is 3. The van der Waals surface area contributed by atoms with Gasteiger partial charge in [-0.3, -0.25) is 4.79 Å². The number of pyridine rings is 1. The maximum atomic E-state index is 12.7. The topological polar surface area (TPSA) is 83.5 Å². The van der Waals surface area contributed by atoms with E-state index >= 15 is 0 Å². The minimum absolute atomic E-state index is 0.143. The highest BCUT2D eigenvalue weighted by Crippen LogP contribution is 2.24. The number of piperazine rings is 1. The average molecular weight is 444 g/mol. The second-order valence-electron chi connectivity index (χ2n) is 6.97. The van der Waals surface area contributed by atoms with Crippen LogP contribution in [0.2, 0.25) is 0 Å². The zero-order valence-electron chi connectivity index (χ0n) is 16.8. The molecule has 2 aromatic heterocycles. The maximum absolute atomic E-state index is 12.7. The number of hydrogen-bond acceptors (Lipinski definition) is 7. The van der Waals surface area contributed by atoms with Crippen molar-refractivity contribution in [1.29, 1.82) is 0 Å². The number of anilines is 3. The summed E-state index contributed by atoms with van der Waals surface area (Å²) in [6.45, 7) is 1.84. The van der Waals surface area contributed by atoms with Crippen molar-refractivity contribution in [3.8, 4) is 5.75 Å². The minimum Gasteiger partial charge on any atom is -0.406 e. The second-order valence-corrected chi connectivity index (χ2v) is 6.97. The smallest absolute Gasteiger partial charge is 0.406 e. The van der Waals surface area contributed by atoms with E-state index in [0.29, 0.717) is 43.6 Å². The van der Waals surface area contributed by atoms with Gasteiger partial charge in [-0.25, -0.2) is 4.98 Å². The fourth-order valence-electron chi connectivity index (χ4n) is 3.28. The van der Waals surface area contributed by atoms with Gasteiger partial charge in [0.25, 0.3) is 5.91 Å². The molecule has 4 rings (SSSR count). The van der Waals surface area contributed by atoms with Crippen molar-refractivity contribution in [2.24, 2.45) is 0 Å². The Kier molecular flexibility index (Phi) is 6.06. The molecular weight excluding hydrogens is 425 g/mol. The van der Waals surface area contributed by atoms with Crippen LogP contribution in [0.15, 0.2) is 60.8 Å². The molecule has 0 spiro atoms. The van der Waals surface area contributed by atoms with E-state index in [2.05, 4.69) is 25.2 Å². The zero-order valence-corrected chi connectivity index (χ0v) is 16.8. The Hall–Kier alpha value is -3.89. The molecule has 0 aliphatic carbocycles. The van der Waals surface area contributed by atoms with Crippen LogP contribution in [0.1, 0.15) is 10.4 Å². The first-order chi connectivity index (χ1) is 15.4. The Balaban J connectivity index is 1.34. The van der Waals surface area contributed by atoms with Crippen LogP contribution < -0.4 is 15.0 Å². The van der Waals surface area contributed by atoms with Gasteiger partial charge in [-0.05, 0) is 42.5 Å². The highest BCUT2D eigenvalue weighted by atomic mass is 19.4. The van der Waals surface area contributed by atoms with Crippen LogP contribution in [0.25, 0.3) is 0 Å². The van der Waals surface area contributed by atoms with E-state index in [1.165, 1.54) is 12.1 Å². The van der Waals surface area contributed by atoms with Gasteiger partial charge >= 0.3 is 6.36 Å². The Morgan fingerprint density at radius 3 is 2.41 bits per heavy atom. The van der Waals surface area contributed by atoms with E-state index in [1.54, 1.807) is 17.2 Å². The summed E-state index contributed by atoms with van der Waals surface area (Å²) in [4.78, 5) is 20.5. The van der Waals surface area contributed by atoms with E-state index < -0.39 is 12.1 Å². The first kappa shape index (κ1) is 21.3. The SMILES string of the molecule is O=C(c1cccc(OC(F)(F)F)c1)N1CCN(c2ccc(Nc3ccccn3)nn2)CC1. The fraction of sp³-hybridized carbons (Fsp3) is 0.238. The summed E-state index contributed by atoms with van der Waals surface area (Å²) in [6.07, 6.45) is -3.14. The number of carbonyl (C=O) groups excluding carboxylic acids is 1. The van der Waals surface area contributed by atoms with E-state index in [-0.39, 0.29) is 11.5 Å². The minimum atomic E-state index is -4.81. The molecule has 0 bridgehead atoms. The van der Waals surface area contributed by atoms with Gasteiger partial charge in [0, 0.05) is 37.9 Å². The third kappa shape index (κ3) is 5.42. The lowest BCUT2D eigenvalue weighted by Gasteiger charge is -2.35. The number of benzene rings is 1. The highest BCUT2D eigenvalue weighted by Gasteiger charge is 2.31. The molecule has 3 heterocycles. The monoisotopic (exact) mass is 444 g/mol. The summed E-state index contributed by atoms with van der Waals surface area (Å²) >= 11 is 0. The third-order valence-electron chi connectivity index (χ3n) is 4.78. The van der Waals surface area contributed by atoms with Crippen LogP contribution in [0.5, 0.6) is 5.75 Å². The van der Waals surface area contributed by atoms with Gasteiger partial charge in [-0.2, -0.15) is 0 Å². The highest BCUT2D eigenvalue weighted by molar-refractivity contribution is 5.94. The second kappa shape index (κ2) is 9.08. The quantitative estimate of drug-likeness (QED) is 0.645. The Labute approximate surface area is 181 Å². The Morgan fingerprint density at radius 1 is 0.938 bits per heavy atom. The molecule has 1 aromatic carbocycles. The largest absolute Gasteiger partial charge is 0.573 e. The van der Waals surface area contributed by atoms with Gasteiger partial charge in [0.1, 0.15) is 11.6 Å². The van der Waals surface area contributed by atoms with Crippen LogP contribution in [-0.2, 0) is 0 Å². The Morgan fingerprint density at radius 2 is 1.75 bits per heavy atom. The van der Waals surface area contributed by atoms with E-state index in [9.17, 15) is 18.0 Å². The molecule has 1 aliphatic heterocycles. The number of carbonyl (C=O) groups is 1. The summed E-state index contributed by atoms with van der Waals surface area (Å²) in [5.74, 6) is 1.12. The molecular formula is C21H19F3N6O2. The molecule has 1 amide bonds. The molecule has 0 radical (unpaired) electrons. The summed E-state index contributed by atoms with van der Waals surface area (Å²) in [7, 11) is 0. The lowest BCUT2D eigenvalue weighted by atomic mass is 10.1. The number of alkyl halides is 3. The maximum Gasteiger partial charge on any atom is 0.573 e. The molecule has 0 unspecified atom stereocenters. The number of rotatable bonds is 5. The predicted octanol–water partition coefficient (Wildman–Crippen LogP) is 3.48. The fourth-order valence-corrected chi connectivity index (χ4v) is 3.28.